The van der Waals surface area contributed by atoms with Crippen LogP contribution in [0.1, 0.15) is 52.7 Å². The van der Waals surface area contributed by atoms with Crippen molar-refractivity contribution < 1.29 is 44.1 Å². The number of carbonyl (C=O) groups excluding carboxylic acids is 5. The molecule has 5 amide bonds. The molecule has 17 nitrogen and oxygen atoms in total. The van der Waals surface area contributed by atoms with Crippen molar-refractivity contribution in [2.45, 2.75) is 89.8 Å². The summed E-state index contributed by atoms with van der Waals surface area (Å²) in [6, 6.07) is -4.37. The molecule has 1 fully saturated rings. The van der Waals surface area contributed by atoms with Crippen LogP contribution in [0, 0.1) is 5.92 Å². The van der Waals surface area contributed by atoms with E-state index in [9.17, 15) is 39.3 Å². The quantitative estimate of drug-likeness (QED) is 0.0385. The second kappa shape index (κ2) is 17.9. The summed E-state index contributed by atoms with van der Waals surface area (Å²) in [5.74, 6) is -2.97. The molecule has 246 valence electrons. The van der Waals surface area contributed by atoms with Crippen LogP contribution in [0.5, 0.6) is 0 Å². The van der Waals surface area contributed by atoms with E-state index < -0.39 is 73.3 Å². The van der Waals surface area contributed by atoms with Crippen molar-refractivity contribution in [3.63, 3.8) is 0 Å². The van der Waals surface area contributed by atoms with Gasteiger partial charge in [-0.05, 0) is 32.1 Å². The number of aromatic nitrogens is 2. The first-order valence-corrected chi connectivity index (χ1v) is 14.4. The van der Waals surface area contributed by atoms with Crippen LogP contribution in [-0.2, 0) is 35.2 Å². The molecule has 17 heteroatoms. The molecule has 2 heterocycles. The van der Waals surface area contributed by atoms with Crippen molar-refractivity contribution >= 4 is 35.8 Å². The van der Waals surface area contributed by atoms with Crippen LogP contribution in [-0.4, -0.2) is 122 Å². The number of likely N-dealkylation sites (tertiary alicyclic amines) is 1. The Morgan fingerprint density at radius 1 is 1.09 bits per heavy atom. The Morgan fingerprint density at radius 3 is 2.36 bits per heavy atom. The molecule has 0 radical (unpaired) electrons. The molecule has 1 saturated heterocycles. The summed E-state index contributed by atoms with van der Waals surface area (Å²) in [5.41, 5.74) is 0.494. The molecule has 6 atom stereocenters. The number of hydrogen-bond donors (Lipinski definition) is 8. The van der Waals surface area contributed by atoms with Gasteiger partial charge in [0, 0.05) is 31.8 Å². The minimum Gasteiger partial charge on any atom is -0.394 e. The maximum atomic E-state index is 13.5. The lowest BCUT2D eigenvalue weighted by atomic mass is 10.0. The minimum absolute atomic E-state index is 0.0113. The van der Waals surface area contributed by atoms with Gasteiger partial charge in [-0.3, -0.25) is 24.0 Å². The average molecular weight is 625 g/mol. The first-order valence-electron chi connectivity index (χ1n) is 14.4. The predicted octanol–water partition coefficient (Wildman–Crippen LogP) is -2.73. The van der Waals surface area contributed by atoms with Gasteiger partial charge in [-0.25, -0.2) is 4.98 Å². The zero-order valence-electron chi connectivity index (χ0n) is 25.4. The first-order chi connectivity index (χ1) is 20.8. The number of amides is 5. The number of nitrogens with one attached hydrogen (secondary N) is 5. The molecule has 1 aromatic rings. The van der Waals surface area contributed by atoms with Gasteiger partial charge in [0.15, 0.2) is 6.73 Å². The number of imidazole rings is 1. The van der Waals surface area contributed by atoms with Gasteiger partial charge in [-0.1, -0.05) is 19.0 Å². The fourth-order valence-corrected chi connectivity index (χ4v) is 4.45. The summed E-state index contributed by atoms with van der Waals surface area (Å²) in [6.07, 6.45) is 2.75. The molecule has 0 bridgehead atoms. The Kier molecular flexibility index (Phi) is 14.7. The van der Waals surface area contributed by atoms with Crippen LogP contribution in [0.3, 0.4) is 0 Å². The molecule has 6 unspecified atom stereocenters. The summed E-state index contributed by atoms with van der Waals surface area (Å²) in [7, 11) is 0. The topological polar surface area (TPSA) is 248 Å². The van der Waals surface area contributed by atoms with E-state index >= 15 is 0 Å². The highest BCUT2D eigenvalue weighted by molar-refractivity contribution is 5.95. The molecular formula is C27H44N8O9. The Balaban J connectivity index is 2.10. The molecule has 0 saturated carbocycles. The molecule has 0 aliphatic carbocycles. The van der Waals surface area contributed by atoms with Gasteiger partial charge < -0.3 is 51.3 Å². The van der Waals surface area contributed by atoms with Gasteiger partial charge in [0.2, 0.25) is 29.5 Å². The second-order valence-corrected chi connectivity index (χ2v) is 10.9. The average Bonchev–Trinajstić information content (AvgIpc) is 3.67. The third kappa shape index (κ3) is 11.5. The van der Waals surface area contributed by atoms with E-state index in [1.165, 1.54) is 31.3 Å². The number of carbonyl (C=O) groups is 5. The van der Waals surface area contributed by atoms with Crippen molar-refractivity contribution in [1.82, 2.24) is 36.1 Å². The molecule has 2 rings (SSSR count). The predicted molar refractivity (Wildman–Crippen MR) is 155 cm³/mol. The van der Waals surface area contributed by atoms with Crippen molar-refractivity contribution in [2.75, 3.05) is 19.9 Å². The standard InChI is InChI=1S/C27H44N8O9/c1-15(2)8-19(33-27(43)22-6-5-7-35(22)17(4)38)25(41)32-20(9-18-10-28-13-29-18)26(42)34-21(12-36)24(40)30-14-44-31-11-23(39)16(3)37/h10-11,13,15-16,19-23,36-37,39H,5-9,12,14H2,1-4H3,(H,28,29)(H,30,40)(H,32,41)(H,33,43)(H,34,42). The Bertz CT molecular complexity index is 1130. The number of oxime groups is 1. The monoisotopic (exact) mass is 624 g/mol. The molecule has 1 aliphatic heterocycles. The molecule has 0 spiro atoms. The van der Waals surface area contributed by atoms with Crippen LogP contribution in [0.25, 0.3) is 0 Å². The molecule has 1 aromatic heterocycles. The normalized spacial score (nSPS) is 18.3. The lowest BCUT2D eigenvalue weighted by Crippen LogP contribution is -2.59. The van der Waals surface area contributed by atoms with Crippen LogP contribution >= 0.6 is 0 Å². The smallest absolute Gasteiger partial charge is 0.247 e. The Morgan fingerprint density at radius 2 is 1.77 bits per heavy atom. The number of nitrogens with zero attached hydrogens (tertiary/aromatic N) is 3. The zero-order valence-corrected chi connectivity index (χ0v) is 25.4. The van der Waals surface area contributed by atoms with Crippen LogP contribution in [0.4, 0.5) is 0 Å². The van der Waals surface area contributed by atoms with E-state index in [0.717, 1.165) is 6.21 Å². The van der Waals surface area contributed by atoms with E-state index in [-0.39, 0.29) is 24.7 Å². The summed E-state index contributed by atoms with van der Waals surface area (Å²) < 4.78 is 0. The van der Waals surface area contributed by atoms with Gasteiger partial charge in [0.25, 0.3) is 0 Å². The maximum Gasteiger partial charge on any atom is 0.247 e. The number of aromatic amines is 1. The number of hydrogen-bond acceptors (Lipinski definition) is 11. The van der Waals surface area contributed by atoms with Gasteiger partial charge in [-0.2, -0.15) is 0 Å². The third-order valence-corrected chi connectivity index (χ3v) is 6.82. The summed E-state index contributed by atoms with van der Waals surface area (Å²) in [5, 5.41) is 41.9. The third-order valence-electron chi connectivity index (χ3n) is 6.82. The van der Waals surface area contributed by atoms with Gasteiger partial charge >= 0.3 is 0 Å². The number of aliphatic hydroxyl groups is 3. The van der Waals surface area contributed by atoms with Crippen molar-refractivity contribution in [1.29, 1.82) is 0 Å². The minimum atomic E-state index is -1.43. The SMILES string of the molecule is CC(=O)N1CCCC1C(=O)NC(CC(C)C)C(=O)NC(Cc1cnc[nH]1)C(=O)NC(CO)C(=O)NCON=CC(O)C(C)O. The molecule has 44 heavy (non-hydrogen) atoms. The number of aliphatic hydroxyl groups excluding tert-OH is 3. The summed E-state index contributed by atoms with van der Waals surface area (Å²) in [4.78, 5) is 77.4. The molecule has 8 N–H and O–H groups in total. The fraction of sp³-hybridized carbons (Fsp3) is 0.667. The van der Waals surface area contributed by atoms with Crippen molar-refractivity contribution in [2.24, 2.45) is 11.1 Å². The summed E-state index contributed by atoms with van der Waals surface area (Å²) >= 11 is 0. The van der Waals surface area contributed by atoms with E-state index in [4.69, 9.17) is 4.84 Å². The summed E-state index contributed by atoms with van der Waals surface area (Å²) in [6.45, 7) is 5.66. The van der Waals surface area contributed by atoms with Gasteiger partial charge in [-0.15, -0.1) is 0 Å². The highest BCUT2D eigenvalue weighted by Crippen LogP contribution is 2.18. The van der Waals surface area contributed by atoms with Crippen LogP contribution < -0.4 is 21.3 Å². The largest absolute Gasteiger partial charge is 0.394 e. The number of rotatable bonds is 17. The van der Waals surface area contributed by atoms with E-state index in [0.29, 0.717) is 25.1 Å². The maximum absolute atomic E-state index is 13.5. The number of H-pyrrole nitrogens is 1. The highest BCUT2D eigenvalue weighted by Gasteiger charge is 2.36. The van der Waals surface area contributed by atoms with Crippen LogP contribution in [0.15, 0.2) is 17.7 Å². The second-order valence-electron chi connectivity index (χ2n) is 10.9. The lowest BCUT2D eigenvalue weighted by Gasteiger charge is -2.28. The zero-order chi connectivity index (χ0) is 32.8. The Hall–Kier alpha value is -4.09. The molecular weight excluding hydrogens is 580 g/mol. The molecule has 0 aromatic carbocycles. The van der Waals surface area contributed by atoms with Gasteiger partial charge in [0.1, 0.15) is 30.3 Å². The Labute approximate surface area is 255 Å². The fourth-order valence-electron chi connectivity index (χ4n) is 4.45. The van der Waals surface area contributed by atoms with E-state index in [2.05, 4.69) is 36.4 Å². The lowest BCUT2D eigenvalue weighted by molar-refractivity contribution is -0.138. The highest BCUT2D eigenvalue weighted by atomic mass is 16.6. The van der Waals surface area contributed by atoms with Gasteiger partial charge in [0.05, 0.1) is 25.3 Å². The first kappa shape index (κ1) is 36.1. The molecule has 1 aliphatic rings. The van der Waals surface area contributed by atoms with Crippen LogP contribution in [0.2, 0.25) is 0 Å². The van der Waals surface area contributed by atoms with E-state index in [1.807, 2.05) is 13.8 Å². The van der Waals surface area contributed by atoms with Crippen molar-refractivity contribution in [3.05, 3.63) is 18.2 Å². The van der Waals surface area contributed by atoms with E-state index in [1.54, 1.807) is 0 Å². The van der Waals surface area contributed by atoms with Crippen molar-refractivity contribution in [3.8, 4) is 0 Å².